The molecule has 4 nitrogen and oxygen atoms in total. The molecule has 0 bridgehead atoms. The number of hydrogen-bond acceptors (Lipinski definition) is 2. The zero-order chi connectivity index (χ0) is 28.8. The van der Waals surface area contributed by atoms with Gasteiger partial charge in [0.1, 0.15) is 5.69 Å². The minimum Gasteiger partial charge on any atom is -0.306 e. The zero-order valence-corrected chi connectivity index (χ0v) is 23.6. The highest BCUT2D eigenvalue weighted by atomic mass is 15.1. The molecule has 44 heavy (non-hydrogen) atoms. The molecular formula is C40H24N4. The Morgan fingerprint density at radius 1 is 0.432 bits per heavy atom. The molecule has 3 aromatic heterocycles. The summed E-state index contributed by atoms with van der Waals surface area (Å²) >= 11 is 0. The summed E-state index contributed by atoms with van der Waals surface area (Å²) < 4.78 is 4.82. The van der Waals surface area contributed by atoms with Crippen molar-refractivity contribution in [2.24, 2.45) is 0 Å². The Kier molecular flexibility index (Phi) is 4.69. The maximum atomic E-state index is 5.41. The summed E-state index contributed by atoms with van der Waals surface area (Å²) in [5.41, 5.74) is 9.30. The summed E-state index contributed by atoms with van der Waals surface area (Å²) in [5, 5.41) is 7.27. The average molecular weight is 561 g/mol. The van der Waals surface area contributed by atoms with Crippen molar-refractivity contribution in [3.63, 3.8) is 0 Å². The Bertz CT molecular complexity index is 2770. The summed E-state index contributed by atoms with van der Waals surface area (Å²) in [4.78, 5) is 10.7. The number of nitrogens with zero attached hydrogens (tertiary/aromatic N) is 4. The van der Waals surface area contributed by atoms with E-state index in [0.717, 1.165) is 44.7 Å². The molecule has 0 saturated carbocycles. The highest BCUT2D eigenvalue weighted by Crippen LogP contribution is 2.41. The number of para-hydroxylation sites is 3. The van der Waals surface area contributed by atoms with Gasteiger partial charge >= 0.3 is 0 Å². The number of fused-ring (bicyclic) bond motifs is 7. The first-order valence-electron chi connectivity index (χ1n) is 14.9. The average Bonchev–Trinajstić information content (AvgIpc) is 3.36. The molecule has 0 unspecified atom stereocenters. The van der Waals surface area contributed by atoms with Gasteiger partial charge < -0.3 is 4.40 Å². The van der Waals surface area contributed by atoms with E-state index in [-0.39, 0.29) is 0 Å². The molecule has 3 heterocycles. The van der Waals surface area contributed by atoms with Crippen LogP contribution in [0.2, 0.25) is 0 Å². The fourth-order valence-corrected chi connectivity index (χ4v) is 7.11. The van der Waals surface area contributed by atoms with Crippen LogP contribution in [0.15, 0.2) is 146 Å². The van der Waals surface area contributed by atoms with E-state index < -0.39 is 0 Å². The fourth-order valence-electron chi connectivity index (χ4n) is 7.11. The maximum absolute atomic E-state index is 5.41. The van der Waals surface area contributed by atoms with Crippen LogP contribution in [-0.4, -0.2) is 18.9 Å². The molecular weight excluding hydrogens is 536 g/mol. The van der Waals surface area contributed by atoms with Crippen LogP contribution in [0.4, 0.5) is 0 Å². The SMILES string of the molecule is c1ccc(-c2nc3ccccc3nc2-n2c3cccc4ccc5c6ccccc6n(c6cc7ccccc7cc62)c5c43)cc1. The molecule has 0 radical (unpaired) electrons. The van der Waals surface area contributed by atoms with Crippen molar-refractivity contribution in [2.75, 3.05) is 0 Å². The summed E-state index contributed by atoms with van der Waals surface area (Å²) in [6, 6.07) is 51.8. The van der Waals surface area contributed by atoms with E-state index in [0.29, 0.717) is 0 Å². The standard InChI is InChI=1S/C40H24N4/c1-2-11-26(12-3-1)38-40(42-32-18-8-7-17-31(32)41-38)44-34-20-10-15-25-21-22-30-29-16-6-9-19-33(29)43(39(30)37(25)34)35-23-27-13-4-5-14-28(27)24-36(35)44/h1-24H. The van der Waals surface area contributed by atoms with Gasteiger partial charge in [0.15, 0.2) is 5.82 Å². The van der Waals surface area contributed by atoms with E-state index in [9.17, 15) is 0 Å². The molecule has 204 valence electrons. The lowest BCUT2D eigenvalue weighted by molar-refractivity contribution is 1.07. The highest BCUT2D eigenvalue weighted by molar-refractivity contribution is 6.24. The second-order valence-corrected chi connectivity index (χ2v) is 11.5. The van der Waals surface area contributed by atoms with Crippen LogP contribution < -0.4 is 0 Å². The lowest BCUT2D eigenvalue weighted by Gasteiger charge is -2.16. The lowest BCUT2D eigenvalue weighted by Crippen LogP contribution is -2.05. The van der Waals surface area contributed by atoms with Crippen LogP contribution in [0.1, 0.15) is 0 Å². The van der Waals surface area contributed by atoms with Crippen molar-refractivity contribution >= 4 is 70.9 Å². The molecule has 0 spiro atoms. The predicted molar refractivity (Wildman–Crippen MR) is 183 cm³/mol. The van der Waals surface area contributed by atoms with E-state index in [2.05, 4.69) is 130 Å². The van der Waals surface area contributed by atoms with Gasteiger partial charge in [0.2, 0.25) is 0 Å². The molecule has 4 heteroatoms. The van der Waals surface area contributed by atoms with Crippen LogP contribution >= 0.6 is 0 Å². The molecule has 0 atom stereocenters. The Labute approximate surface area is 252 Å². The Hall–Kier alpha value is -6.00. The summed E-state index contributed by atoms with van der Waals surface area (Å²) in [5.74, 6) is 0.811. The van der Waals surface area contributed by atoms with Crippen LogP contribution in [0.5, 0.6) is 0 Å². The van der Waals surface area contributed by atoms with Gasteiger partial charge in [-0.1, -0.05) is 109 Å². The second kappa shape index (κ2) is 8.76. The van der Waals surface area contributed by atoms with Crippen LogP contribution in [-0.2, 0) is 0 Å². The van der Waals surface area contributed by atoms with Gasteiger partial charge in [0.05, 0.1) is 38.6 Å². The predicted octanol–water partition coefficient (Wildman–Crippen LogP) is 10.1. The molecule has 0 fully saturated rings. The third-order valence-electron chi connectivity index (χ3n) is 9.03. The normalized spacial score (nSPS) is 12.1. The monoisotopic (exact) mass is 560 g/mol. The summed E-state index contributed by atoms with van der Waals surface area (Å²) in [7, 11) is 0. The van der Waals surface area contributed by atoms with Crippen molar-refractivity contribution < 1.29 is 0 Å². The molecule has 0 saturated heterocycles. The topological polar surface area (TPSA) is 35.1 Å². The van der Waals surface area contributed by atoms with E-state index in [1.165, 1.54) is 43.4 Å². The maximum Gasteiger partial charge on any atom is 0.165 e. The van der Waals surface area contributed by atoms with Crippen molar-refractivity contribution in [1.82, 2.24) is 18.9 Å². The van der Waals surface area contributed by atoms with Crippen molar-refractivity contribution in [3.8, 4) is 17.1 Å². The summed E-state index contributed by atoms with van der Waals surface area (Å²) in [6.07, 6.45) is 0. The quantitative estimate of drug-likeness (QED) is 0.211. The highest BCUT2D eigenvalue weighted by Gasteiger charge is 2.22. The zero-order valence-electron chi connectivity index (χ0n) is 23.6. The van der Waals surface area contributed by atoms with Crippen LogP contribution in [0.25, 0.3) is 88.0 Å². The fraction of sp³-hybridized carbons (Fsp3) is 0. The van der Waals surface area contributed by atoms with Crippen LogP contribution in [0, 0.1) is 0 Å². The number of hydrogen-bond donors (Lipinski definition) is 0. The Morgan fingerprint density at radius 2 is 1.09 bits per heavy atom. The number of benzene rings is 7. The van der Waals surface area contributed by atoms with Crippen molar-refractivity contribution in [2.45, 2.75) is 0 Å². The lowest BCUT2D eigenvalue weighted by atomic mass is 10.0. The van der Waals surface area contributed by atoms with Gasteiger partial charge in [-0.15, -0.1) is 0 Å². The van der Waals surface area contributed by atoms with Gasteiger partial charge in [-0.25, -0.2) is 9.97 Å². The first kappa shape index (κ1) is 23.6. The van der Waals surface area contributed by atoms with Gasteiger partial charge in [-0.3, -0.25) is 4.57 Å². The van der Waals surface area contributed by atoms with Gasteiger partial charge in [-0.05, 0) is 52.6 Å². The van der Waals surface area contributed by atoms with E-state index in [4.69, 9.17) is 9.97 Å². The number of aromatic nitrogens is 4. The third kappa shape index (κ3) is 3.17. The van der Waals surface area contributed by atoms with Gasteiger partial charge in [-0.2, -0.15) is 0 Å². The van der Waals surface area contributed by atoms with Crippen molar-refractivity contribution in [3.05, 3.63) is 146 Å². The molecule has 0 amide bonds. The minimum atomic E-state index is 0.811. The second-order valence-electron chi connectivity index (χ2n) is 11.5. The smallest absolute Gasteiger partial charge is 0.165 e. The molecule has 10 rings (SSSR count). The van der Waals surface area contributed by atoms with Crippen LogP contribution in [0.3, 0.4) is 0 Å². The first-order chi connectivity index (χ1) is 21.8. The molecule has 0 aliphatic rings. The third-order valence-corrected chi connectivity index (χ3v) is 9.03. The summed E-state index contributed by atoms with van der Waals surface area (Å²) in [6.45, 7) is 0. The number of rotatable bonds is 2. The molecule has 0 aliphatic heterocycles. The molecule has 0 aliphatic carbocycles. The molecule has 10 aromatic rings. The van der Waals surface area contributed by atoms with Gasteiger partial charge in [0.25, 0.3) is 0 Å². The Morgan fingerprint density at radius 3 is 1.93 bits per heavy atom. The first-order valence-corrected chi connectivity index (χ1v) is 14.9. The molecule has 7 aromatic carbocycles. The van der Waals surface area contributed by atoms with Gasteiger partial charge in [0, 0.05) is 21.7 Å². The van der Waals surface area contributed by atoms with Crippen molar-refractivity contribution in [1.29, 1.82) is 0 Å². The molecule has 0 N–H and O–H groups in total. The van der Waals surface area contributed by atoms with E-state index in [1.807, 2.05) is 24.3 Å². The minimum absolute atomic E-state index is 0.811. The Balaban J connectivity index is 1.55. The largest absolute Gasteiger partial charge is 0.306 e. The van der Waals surface area contributed by atoms with E-state index in [1.54, 1.807) is 0 Å². The van der Waals surface area contributed by atoms with E-state index >= 15 is 0 Å².